The Balaban J connectivity index is 2.10. The Morgan fingerprint density at radius 1 is 1.24 bits per heavy atom. The van der Waals surface area contributed by atoms with Gasteiger partial charge in [0.25, 0.3) is 0 Å². The van der Waals surface area contributed by atoms with E-state index in [1.165, 1.54) is 11.1 Å². The summed E-state index contributed by atoms with van der Waals surface area (Å²) in [6.45, 7) is 4.70. The van der Waals surface area contributed by atoms with E-state index in [2.05, 4.69) is 40.8 Å². The molecule has 0 fully saturated rings. The second kappa shape index (κ2) is 5.32. The maximum absolute atomic E-state index is 5.80. The zero-order chi connectivity index (χ0) is 12.3. The molecule has 0 unspecified atom stereocenters. The quantitative estimate of drug-likeness (QED) is 0.851. The monoisotopic (exact) mass is 291 g/mol. The molecule has 0 radical (unpaired) electrons. The lowest BCUT2D eigenvalue weighted by Gasteiger charge is -2.10. The Morgan fingerprint density at radius 2 is 2.06 bits per heavy atom. The Labute approximate surface area is 110 Å². The second-order valence-electron chi connectivity index (χ2n) is 4.00. The number of ether oxygens (including phenoxy) is 1. The van der Waals surface area contributed by atoms with Gasteiger partial charge in [0.2, 0.25) is 0 Å². The van der Waals surface area contributed by atoms with E-state index in [0.29, 0.717) is 6.61 Å². The van der Waals surface area contributed by atoms with Crippen molar-refractivity contribution in [2.24, 2.45) is 0 Å². The SMILES string of the molecule is Cc1cccc(OCc2cncc(Br)c2)c1C. The summed E-state index contributed by atoms with van der Waals surface area (Å²) in [4.78, 5) is 4.11. The smallest absolute Gasteiger partial charge is 0.122 e. The second-order valence-corrected chi connectivity index (χ2v) is 4.91. The van der Waals surface area contributed by atoms with Gasteiger partial charge in [0, 0.05) is 22.4 Å². The van der Waals surface area contributed by atoms with E-state index in [1.807, 2.05) is 24.4 Å². The molecule has 0 atom stereocenters. The van der Waals surface area contributed by atoms with Gasteiger partial charge in [-0.1, -0.05) is 12.1 Å². The maximum Gasteiger partial charge on any atom is 0.122 e. The molecule has 0 spiro atoms. The highest BCUT2D eigenvalue weighted by Crippen LogP contribution is 2.21. The van der Waals surface area contributed by atoms with Gasteiger partial charge in [0.1, 0.15) is 12.4 Å². The number of hydrogen-bond donors (Lipinski definition) is 0. The van der Waals surface area contributed by atoms with Gasteiger partial charge in [-0.25, -0.2) is 0 Å². The van der Waals surface area contributed by atoms with Gasteiger partial charge in [0.15, 0.2) is 0 Å². The number of nitrogens with zero attached hydrogens (tertiary/aromatic N) is 1. The highest BCUT2D eigenvalue weighted by molar-refractivity contribution is 9.10. The van der Waals surface area contributed by atoms with Gasteiger partial charge in [-0.2, -0.15) is 0 Å². The van der Waals surface area contributed by atoms with Crippen LogP contribution >= 0.6 is 15.9 Å². The molecule has 0 aliphatic carbocycles. The van der Waals surface area contributed by atoms with E-state index in [9.17, 15) is 0 Å². The fourth-order valence-electron chi connectivity index (χ4n) is 1.58. The molecule has 88 valence electrons. The first-order valence-electron chi connectivity index (χ1n) is 5.45. The summed E-state index contributed by atoms with van der Waals surface area (Å²) in [7, 11) is 0. The van der Waals surface area contributed by atoms with Crippen molar-refractivity contribution < 1.29 is 4.74 Å². The molecule has 2 nitrogen and oxygen atoms in total. The Morgan fingerprint density at radius 3 is 2.82 bits per heavy atom. The van der Waals surface area contributed by atoms with Crippen LogP contribution in [-0.2, 0) is 6.61 Å². The van der Waals surface area contributed by atoms with Crippen LogP contribution in [0.4, 0.5) is 0 Å². The molecule has 1 heterocycles. The number of halogens is 1. The molecule has 0 N–H and O–H groups in total. The number of benzene rings is 1. The van der Waals surface area contributed by atoms with E-state index in [4.69, 9.17) is 4.74 Å². The molecule has 1 aromatic heterocycles. The van der Waals surface area contributed by atoms with Crippen molar-refractivity contribution in [3.05, 3.63) is 57.8 Å². The number of aromatic nitrogens is 1. The molecule has 0 saturated carbocycles. The molecule has 2 aromatic rings. The lowest BCUT2D eigenvalue weighted by atomic mass is 10.1. The average molecular weight is 292 g/mol. The summed E-state index contributed by atoms with van der Waals surface area (Å²) in [6, 6.07) is 8.10. The predicted octanol–water partition coefficient (Wildman–Crippen LogP) is 4.04. The first-order chi connectivity index (χ1) is 8.16. The maximum atomic E-state index is 5.80. The number of hydrogen-bond acceptors (Lipinski definition) is 2. The number of aryl methyl sites for hydroxylation is 1. The molecule has 0 saturated heterocycles. The first kappa shape index (κ1) is 12.1. The molecule has 0 amide bonds. The minimum Gasteiger partial charge on any atom is -0.489 e. The summed E-state index contributed by atoms with van der Waals surface area (Å²) >= 11 is 3.40. The highest BCUT2D eigenvalue weighted by atomic mass is 79.9. The standard InChI is InChI=1S/C14H14BrNO/c1-10-4-3-5-14(11(10)2)17-9-12-6-13(15)8-16-7-12/h3-8H,9H2,1-2H3. The first-order valence-corrected chi connectivity index (χ1v) is 6.24. The predicted molar refractivity (Wildman–Crippen MR) is 72.2 cm³/mol. The molecule has 0 bridgehead atoms. The molecule has 1 aromatic carbocycles. The van der Waals surface area contributed by atoms with Crippen molar-refractivity contribution in [1.82, 2.24) is 4.98 Å². The highest BCUT2D eigenvalue weighted by Gasteiger charge is 2.02. The van der Waals surface area contributed by atoms with Crippen molar-refractivity contribution in [3.63, 3.8) is 0 Å². The zero-order valence-corrected chi connectivity index (χ0v) is 11.5. The van der Waals surface area contributed by atoms with Crippen LogP contribution in [0.25, 0.3) is 0 Å². The molecule has 2 rings (SSSR count). The van der Waals surface area contributed by atoms with Crippen LogP contribution < -0.4 is 4.74 Å². The minimum absolute atomic E-state index is 0.538. The van der Waals surface area contributed by atoms with Gasteiger partial charge < -0.3 is 4.74 Å². The van der Waals surface area contributed by atoms with Gasteiger partial charge in [0.05, 0.1) is 0 Å². The normalized spacial score (nSPS) is 10.3. The van der Waals surface area contributed by atoms with E-state index in [-0.39, 0.29) is 0 Å². The van der Waals surface area contributed by atoms with Crippen LogP contribution in [0.3, 0.4) is 0 Å². The van der Waals surface area contributed by atoms with E-state index >= 15 is 0 Å². The average Bonchev–Trinajstić information content (AvgIpc) is 2.31. The molecule has 0 aliphatic heterocycles. The van der Waals surface area contributed by atoms with Crippen LogP contribution in [-0.4, -0.2) is 4.98 Å². The van der Waals surface area contributed by atoms with Crippen LogP contribution in [0.5, 0.6) is 5.75 Å². The Kier molecular flexibility index (Phi) is 3.79. The van der Waals surface area contributed by atoms with Crippen molar-refractivity contribution in [3.8, 4) is 5.75 Å². The third kappa shape index (κ3) is 3.07. The molecule has 3 heteroatoms. The summed E-state index contributed by atoms with van der Waals surface area (Å²) in [5.74, 6) is 0.935. The van der Waals surface area contributed by atoms with Gasteiger partial charge in [-0.3, -0.25) is 4.98 Å². The third-order valence-electron chi connectivity index (χ3n) is 2.71. The lowest BCUT2D eigenvalue weighted by molar-refractivity contribution is 0.303. The molecule has 17 heavy (non-hydrogen) atoms. The molecular formula is C14H14BrNO. The summed E-state index contributed by atoms with van der Waals surface area (Å²) < 4.78 is 6.77. The van der Waals surface area contributed by atoms with Gasteiger partial charge >= 0.3 is 0 Å². The van der Waals surface area contributed by atoms with Gasteiger partial charge in [-0.15, -0.1) is 0 Å². The van der Waals surface area contributed by atoms with Crippen LogP contribution in [0.1, 0.15) is 16.7 Å². The molecule has 0 aliphatic rings. The van der Waals surface area contributed by atoms with Crippen molar-refractivity contribution >= 4 is 15.9 Å². The Hall–Kier alpha value is -1.35. The van der Waals surface area contributed by atoms with Crippen molar-refractivity contribution in [2.45, 2.75) is 20.5 Å². The largest absolute Gasteiger partial charge is 0.489 e. The summed E-state index contributed by atoms with van der Waals surface area (Å²) in [5, 5.41) is 0. The topological polar surface area (TPSA) is 22.1 Å². The fourth-order valence-corrected chi connectivity index (χ4v) is 1.99. The third-order valence-corrected chi connectivity index (χ3v) is 3.14. The van der Waals surface area contributed by atoms with E-state index in [1.54, 1.807) is 6.20 Å². The minimum atomic E-state index is 0.538. The Bertz CT molecular complexity index is 525. The summed E-state index contributed by atoms with van der Waals surface area (Å²) in [5.41, 5.74) is 3.49. The van der Waals surface area contributed by atoms with Crippen LogP contribution in [0.2, 0.25) is 0 Å². The fraction of sp³-hybridized carbons (Fsp3) is 0.214. The number of pyridine rings is 1. The van der Waals surface area contributed by atoms with Gasteiger partial charge in [-0.05, 0) is 53.0 Å². The van der Waals surface area contributed by atoms with Crippen molar-refractivity contribution in [2.75, 3.05) is 0 Å². The molecular weight excluding hydrogens is 278 g/mol. The van der Waals surface area contributed by atoms with Crippen LogP contribution in [0, 0.1) is 13.8 Å². The summed E-state index contributed by atoms with van der Waals surface area (Å²) in [6.07, 6.45) is 3.58. The van der Waals surface area contributed by atoms with Crippen molar-refractivity contribution in [1.29, 1.82) is 0 Å². The van der Waals surface area contributed by atoms with E-state index in [0.717, 1.165) is 15.8 Å². The lowest BCUT2D eigenvalue weighted by Crippen LogP contribution is -1.98. The van der Waals surface area contributed by atoms with Crippen LogP contribution in [0.15, 0.2) is 41.1 Å². The zero-order valence-electron chi connectivity index (χ0n) is 9.90. The van der Waals surface area contributed by atoms with E-state index < -0.39 is 0 Å². The number of rotatable bonds is 3.